The molecule has 2 heterocycles. The lowest BCUT2D eigenvalue weighted by Gasteiger charge is -2.18. The topological polar surface area (TPSA) is 108 Å². The van der Waals surface area contributed by atoms with Gasteiger partial charge >= 0.3 is 0 Å². The number of anilines is 3. The molecule has 0 saturated heterocycles. The Morgan fingerprint density at radius 2 is 1.60 bits per heavy atom. The number of aliphatic hydroxyl groups is 1. The van der Waals surface area contributed by atoms with Crippen molar-refractivity contribution in [2.24, 2.45) is 0 Å². The molecule has 0 bridgehead atoms. The van der Waals surface area contributed by atoms with Crippen molar-refractivity contribution < 1.29 is 5.11 Å². The molecule has 0 radical (unpaired) electrons. The van der Waals surface area contributed by atoms with E-state index in [4.69, 9.17) is 0 Å². The molecular weight excluding hydrogens is 318 g/mol. The molecule has 8 nitrogen and oxygen atoms in total. The fraction of sp³-hybridized carbons (Fsp3) is 0.647. The molecule has 138 valence electrons. The van der Waals surface area contributed by atoms with Gasteiger partial charge in [-0.3, -0.25) is 0 Å². The van der Waals surface area contributed by atoms with Crippen molar-refractivity contribution in [2.75, 3.05) is 30.0 Å². The second-order valence-corrected chi connectivity index (χ2v) is 6.85. The fourth-order valence-electron chi connectivity index (χ4n) is 2.33. The van der Waals surface area contributed by atoms with Crippen LogP contribution in [-0.4, -0.2) is 50.8 Å². The predicted molar refractivity (Wildman–Crippen MR) is 102 cm³/mol. The van der Waals surface area contributed by atoms with Gasteiger partial charge in [-0.05, 0) is 40.0 Å². The lowest BCUT2D eigenvalue weighted by atomic mass is 10.0. The number of fused-ring (bicyclic) bond motifs is 1. The van der Waals surface area contributed by atoms with Crippen molar-refractivity contribution in [1.82, 2.24) is 19.9 Å². The summed E-state index contributed by atoms with van der Waals surface area (Å²) in [5.41, 5.74) is 1.41. The Morgan fingerprint density at radius 1 is 1.00 bits per heavy atom. The van der Waals surface area contributed by atoms with Crippen LogP contribution in [0.25, 0.3) is 11.0 Å². The van der Waals surface area contributed by atoms with E-state index in [0.29, 0.717) is 41.6 Å². The van der Waals surface area contributed by atoms with E-state index in [1.807, 2.05) is 0 Å². The van der Waals surface area contributed by atoms with E-state index in [1.54, 1.807) is 27.9 Å². The maximum Gasteiger partial charge on any atom is 0.225 e. The van der Waals surface area contributed by atoms with E-state index in [0.717, 1.165) is 12.1 Å². The fourth-order valence-corrected chi connectivity index (χ4v) is 2.33. The van der Waals surface area contributed by atoms with E-state index < -0.39 is 5.60 Å². The van der Waals surface area contributed by atoms with E-state index >= 15 is 0 Å². The highest BCUT2D eigenvalue weighted by molar-refractivity contribution is 5.88. The van der Waals surface area contributed by atoms with Crippen LogP contribution in [0.2, 0.25) is 0 Å². The minimum atomic E-state index is -0.770. The summed E-state index contributed by atoms with van der Waals surface area (Å²) in [4.78, 5) is 18.2. The highest BCUT2D eigenvalue weighted by Crippen LogP contribution is 2.26. The van der Waals surface area contributed by atoms with Gasteiger partial charge in [0.25, 0.3) is 0 Å². The molecule has 0 aliphatic carbocycles. The van der Waals surface area contributed by atoms with Gasteiger partial charge in [-0.1, -0.05) is 6.92 Å². The normalized spacial score (nSPS) is 12.9. The molecule has 0 unspecified atom stereocenters. The number of hydrogen-bond acceptors (Lipinski definition) is 8. The minimum Gasteiger partial charge on any atom is -0.390 e. The predicted octanol–water partition coefficient (Wildman–Crippen LogP) is 2.42. The smallest absolute Gasteiger partial charge is 0.225 e. The van der Waals surface area contributed by atoms with Crippen molar-refractivity contribution in [1.29, 1.82) is 0 Å². The Hall–Kier alpha value is -2.22. The Balaban J connectivity index is 2.60. The highest BCUT2D eigenvalue weighted by Gasteiger charge is 2.19. The van der Waals surface area contributed by atoms with Crippen molar-refractivity contribution in [3.63, 3.8) is 0 Å². The maximum atomic E-state index is 10.1. The molecule has 8 heteroatoms. The molecule has 25 heavy (non-hydrogen) atoms. The molecule has 2 aromatic rings. The first-order valence-electron chi connectivity index (χ1n) is 8.70. The van der Waals surface area contributed by atoms with Crippen molar-refractivity contribution in [2.45, 2.75) is 58.6 Å². The molecule has 0 fully saturated rings. The summed E-state index contributed by atoms with van der Waals surface area (Å²) in [7, 11) is 3.57. The van der Waals surface area contributed by atoms with Crippen LogP contribution in [0.3, 0.4) is 0 Å². The zero-order valence-electron chi connectivity index (χ0n) is 15.9. The number of hydrogen-bond donors (Lipinski definition) is 4. The average molecular weight is 347 g/mol. The van der Waals surface area contributed by atoms with E-state index in [1.165, 1.54) is 0 Å². The van der Waals surface area contributed by atoms with E-state index in [2.05, 4.69) is 49.7 Å². The van der Waals surface area contributed by atoms with Gasteiger partial charge in [-0.15, -0.1) is 0 Å². The third-order valence-electron chi connectivity index (χ3n) is 4.03. The van der Waals surface area contributed by atoms with E-state index in [9.17, 15) is 5.11 Å². The molecule has 0 aliphatic heterocycles. The molecule has 1 atom stereocenters. The summed E-state index contributed by atoms with van der Waals surface area (Å²) in [6, 6.07) is 0.260. The van der Waals surface area contributed by atoms with Crippen LogP contribution in [0.1, 0.15) is 46.2 Å². The number of aryl methyl sites for hydroxylation is 1. The lowest BCUT2D eigenvalue weighted by molar-refractivity contribution is 0.0712. The van der Waals surface area contributed by atoms with Crippen LogP contribution < -0.4 is 16.0 Å². The monoisotopic (exact) mass is 347 g/mol. The minimum absolute atomic E-state index is 0.260. The first kappa shape index (κ1) is 19.1. The van der Waals surface area contributed by atoms with Gasteiger partial charge < -0.3 is 21.1 Å². The van der Waals surface area contributed by atoms with Gasteiger partial charge in [0, 0.05) is 20.1 Å². The summed E-state index contributed by atoms with van der Waals surface area (Å²) in [6.07, 6.45) is 2.14. The molecular formula is C17H29N7O. The van der Waals surface area contributed by atoms with Gasteiger partial charge in [-0.2, -0.15) is 4.98 Å². The number of rotatable bonds is 8. The molecule has 4 N–H and O–H groups in total. The van der Waals surface area contributed by atoms with Gasteiger partial charge in [0.1, 0.15) is 11.0 Å². The first-order chi connectivity index (χ1) is 11.8. The van der Waals surface area contributed by atoms with Gasteiger partial charge in [0.2, 0.25) is 11.9 Å². The molecule has 2 aromatic heterocycles. The van der Waals surface area contributed by atoms with Gasteiger partial charge in [0.15, 0.2) is 5.82 Å². The first-order valence-corrected chi connectivity index (χ1v) is 8.70. The van der Waals surface area contributed by atoms with Crippen molar-refractivity contribution in [3.8, 4) is 0 Å². The molecule has 0 spiro atoms. The van der Waals surface area contributed by atoms with Crippen LogP contribution in [0.15, 0.2) is 0 Å². The zero-order chi connectivity index (χ0) is 18.6. The quantitative estimate of drug-likeness (QED) is 0.577. The third kappa shape index (κ3) is 4.88. The average Bonchev–Trinajstić information content (AvgIpc) is 2.58. The summed E-state index contributed by atoms with van der Waals surface area (Å²) >= 11 is 0. The molecule has 0 saturated carbocycles. The van der Waals surface area contributed by atoms with Crippen LogP contribution in [0.4, 0.5) is 17.7 Å². The molecule has 0 aliphatic rings. The molecule has 2 rings (SSSR count). The standard InChI is InChI=1S/C17H29N7O/c1-7-10(2)20-14-13-12(22-16(19-6)24-14)11(8-9-17(3,4)25)21-15(18-5)23-13/h10,25H,7-9H2,1-6H3,(H,18,21,23)(H2,19,20,22,24)/t10-/m1/s1. The largest absolute Gasteiger partial charge is 0.390 e. The maximum absolute atomic E-state index is 10.1. The van der Waals surface area contributed by atoms with Gasteiger partial charge in [-0.25, -0.2) is 15.0 Å². The Bertz CT molecular complexity index is 727. The Morgan fingerprint density at radius 3 is 2.16 bits per heavy atom. The number of nitrogens with one attached hydrogen (secondary N) is 3. The molecule has 0 amide bonds. The summed E-state index contributed by atoms with van der Waals surface area (Å²) in [6.45, 7) is 7.80. The number of aromatic nitrogens is 4. The third-order valence-corrected chi connectivity index (χ3v) is 4.03. The van der Waals surface area contributed by atoms with Crippen LogP contribution in [0, 0.1) is 0 Å². The highest BCUT2D eigenvalue weighted by atomic mass is 16.3. The van der Waals surface area contributed by atoms with Crippen molar-refractivity contribution >= 4 is 28.7 Å². The summed E-state index contributed by atoms with van der Waals surface area (Å²) in [5, 5.41) is 19.5. The second kappa shape index (κ2) is 7.77. The number of nitrogens with zero attached hydrogens (tertiary/aromatic N) is 4. The van der Waals surface area contributed by atoms with Crippen LogP contribution in [-0.2, 0) is 6.42 Å². The van der Waals surface area contributed by atoms with Crippen molar-refractivity contribution in [3.05, 3.63) is 5.69 Å². The Kier molecular flexibility index (Phi) is 5.94. The summed E-state index contributed by atoms with van der Waals surface area (Å²) < 4.78 is 0. The van der Waals surface area contributed by atoms with Gasteiger partial charge in [0.05, 0.1) is 11.3 Å². The van der Waals surface area contributed by atoms with Crippen LogP contribution >= 0.6 is 0 Å². The van der Waals surface area contributed by atoms with E-state index in [-0.39, 0.29) is 6.04 Å². The van der Waals surface area contributed by atoms with Crippen LogP contribution in [0.5, 0.6) is 0 Å². The SMILES string of the molecule is CC[C@@H](C)Nc1nc(NC)nc2c(CCC(C)(C)O)nc(NC)nc12. The Labute approximate surface area is 148 Å². The molecule has 0 aromatic carbocycles. The zero-order valence-corrected chi connectivity index (χ0v) is 15.9. The summed E-state index contributed by atoms with van der Waals surface area (Å²) in [5.74, 6) is 1.72. The second-order valence-electron chi connectivity index (χ2n) is 6.85. The lowest BCUT2D eigenvalue weighted by Crippen LogP contribution is -2.20.